The first-order valence-electron chi connectivity index (χ1n) is 10.6. The molecule has 0 saturated heterocycles. The number of aliphatic imine (C=N–C) groups is 1. The fourth-order valence-corrected chi connectivity index (χ4v) is 5.12. The Morgan fingerprint density at radius 3 is 2.80 bits per heavy atom. The molecule has 5 N–H and O–H groups in total. The summed E-state index contributed by atoms with van der Waals surface area (Å²) in [5.41, 5.74) is 6.80. The van der Waals surface area contributed by atoms with Crippen molar-refractivity contribution in [3.05, 3.63) is 42.2 Å². The summed E-state index contributed by atoms with van der Waals surface area (Å²) in [4.78, 5) is 23.8. The molecule has 186 valence electrons. The van der Waals surface area contributed by atoms with Gasteiger partial charge in [-0.25, -0.2) is 13.4 Å². The molecule has 1 amide bonds. The number of aromatic amines is 1. The van der Waals surface area contributed by atoms with E-state index >= 15 is 0 Å². The molecule has 1 unspecified atom stereocenters. The number of benzene rings is 1. The molecule has 2 aromatic heterocycles. The van der Waals surface area contributed by atoms with Crippen molar-refractivity contribution in [2.24, 2.45) is 10.7 Å². The Morgan fingerprint density at radius 1 is 1.34 bits per heavy atom. The summed E-state index contributed by atoms with van der Waals surface area (Å²) in [6.07, 6.45) is 1.62. The van der Waals surface area contributed by atoms with Crippen molar-refractivity contribution >= 4 is 43.5 Å². The van der Waals surface area contributed by atoms with Gasteiger partial charge >= 0.3 is 0 Å². The first kappa shape index (κ1) is 25.0. The summed E-state index contributed by atoms with van der Waals surface area (Å²) in [5, 5.41) is 13.2. The van der Waals surface area contributed by atoms with Crippen LogP contribution in [0.4, 0.5) is 0 Å². The molecule has 3 heterocycles. The van der Waals surface area contributed by atoms with Gasteiger partial charge < -0.3 is 30.6 Å². The maximum absolute atomic E-state index is 12.0. The number of thioether (sulfide) groups is 1. The van der Waals surface area contributed by atoms with Crippen LogP contribution in [0.25, 0.3) is 10.9 Å². The summed E-state index contributed by atoms with van der Waals surface area (Å²) in [7, 11) is -1.84. The van der Waals surface area contributed by atoms with Crippen molar-refractivity contribution in [1.82, 2.24) is 15.3 Å². The van der Waals surface area contributed by atoms with E-state index in [-0.39, 0.29) is 29.1 Å². The summed E-state index contributed by atoms with van der Waals surface area (Å²) >= 11 is 1.50. The maximum Gasteiger partial charge on any atom is 0.221 e. The van der Waals surface area contributed by atoms with Crippen LogP contribution in [0.15, 0.2) is 46.5 Å². The zero-order valence-electron chi connectivity index (χ0n) is 19.0. The molecule has 35 heavy (non-hydrogen) atoms. The fourth-order valence-electron chi connectivity index (χ4n) is 3.47. The first-order chi connectivity index (χ1) is 16.6. The van der Waals surface area contributed by atoms with Crippen molar-refractivity contribution in [3.8, 4) is 17.2 Å². The Kier molecular flexibility index (Phi) is 7.31. The van der Waals surface area contributed by atoms with Crippen molar-refractivity contribution in [2.45, 2.75) is 22.9 Å². The molecule has 1 aliphatic rings. The number of methoxy groups -OCH3 is 1. The zero-order valence-corrected chi connectivity index (χ0v) is 20.6. The lowest BCUT2D eigenvalue weighted by molar-refractivity contribution is -0.121. The minimum atomic E-state index is -3.40. The molecule has 0 spiro atoms. The van der Waals surface area contributed by atoms with E-state index in [4.69, 9.17) is 20.3 Å². The second-order valence-corrected chi connectivity index (χ2v) is 11.2. The molecule has 0 radical (unpaired) electrons. The molecule has 13 heteroatoms. The first-order valence-corrected chi connectivity index (χ1v) is 13.4. The van der Waals surface area contributed by atoms with Gasteiger partial charge in [0.05, 0.1) is 37.6 Å². The second kappa shape index (κ2) is 10.2. The van der Waals surface area contributed by atoms with E-state index in [1.54, 1.807) is 13.2 Å². The van der Waals surface area contributed by atoms with Gasteiger partial charge in [0.15, 0.2) is 14.9 Å². The quantitative estimate of drug-likeness (QED) is 0.305. The van der Waals surface area contributed by atoms with E-state index in [1.165, 1.54) is 30.1 Å². The molecule has 0 saturated carbocycles. The van der Waals surface area contributed by atoms with Gasteiger partial charge in [-0.3, -0.25) is 9.79 Å². The smallest absolute Gasteiger partial charge is 0.221 e. The molecule has 1 aliphatic heterocycles. The number of sulfone groups is 1. The zero-order chi connectivity index (χ0) is 25.2. The van der Waals surface area contributed by atoms with Crippen molar-refractivity contribution in [3.63, 3.8) is 0 Å². The number of amides is 1. The van der Waals surface area contributed by atoms with Crippen LogP contribution in [0.1, 0.15) is 12.1 Å². The van der Waals surface area contributed by atoms with E-state index in [9.17, 15) is 13.2 Å². The summed E-state index contributed by atoms with van der Waals surface area (Å²) in [6.45, 7) is 0.504. The molecular weight excluding hydrogens is 494 g/mol. The Labute approximate surface area is 206 Å². The Bertz CT molecular complexity index is 1370. The summed E-state index contributed by atoms with van der Waals surface area (Å²) < 4.78 is 34.6. The van der Waals surface area contributed by atoms with Gasteiger partial charge in [-0.1, -0.05) is 11.8 Å². The highest BCUT2D eigenvalue weighted by atomic mass is 32.2. The average Bonchev–Trinajstić information content (AvgIpc) is 3.44. The second-order valence-electron chi connectivity index (χ2n) is 7.94. The van der Waals surface area contributed by atoms with Gasteiger partial charge in [0.25, 0.3) is 0 Å². The van der Waals surface area contributed by atoms with Crippen LogP contribution in [0, 0.1) is 0 Å². The number of carbonyl (C=O) groups is 1. The van der Waals surface area contributed by atoms with Crippen LogP contribution in [0.2, 0.25) is 0 Å². The number of aliphatic hydroxyl groups excluding tert-OH is 1. The van der Waals surface area contributed by atoms with Crippen LogP contribution in [0.3, 0.4) is 0 Å². The molecule has 4 rings (SSSR count). The maximum atomic E-state index is 12.0. The molecule has 3 aromatic rings. The normalized spacial score (nSPS) is 16.7. The summed E-state index contributed by atoms with van der Waals surface area (Å²) in [5.74, 6) is 1.24. The molecule has 0 bridgehead atoms. The highest BCUT2D eigenvalue weighted by Gasteiger charge is 2.25. The van der Waals surface area contributed by atoms with Crippen LogP contribution in [0.5, 0.6) is 17.2 Å². The van der Waals surface area contributed by atoms with E-state index in [0.717, 1.165) is 27.9 Å². The standard InChI is InChI=1S/C22H25N5O6S2/c1-32-17-7-14(33-13-3-4-20(25-9-13)35(2,30)31)5-12-6-16(27-21(12)17)22-26-10-15(34-22)8-19(29)24-11-18(23)28/h3-7,9,15,18,27-28H,8,10-11,23H2,1-2H3,(H,24,29)/t15?,18-/m1/s1. The largest absolute Gasteiger partial charge is 0.494 e. The van der Waals surface area contributed by atoms with Crippen LogP contribution in [-0.2, 0) is 14.6 Å². The Morgan fingerprint density at radius 2 is 2.14 bits per heavy atom. The number of fused-ring (bicyclic) bond motifs is 1. The number of hydrogen-bond donors (Lipinski definition) is 4. The minimum absolute atomic E-state index is 0.00800. The number of hydrogen-bond acceptors (Lipinski definition) is 10. The molecule has 0 aliphatic carbocycles. The predicted octanol–water partition coefficient (Wildman–Crippen LogP) is 1.41. The third-order valence-electron chi connectivity index (χ3n) is 5.08. The summed E-state index contributed by atoms with van der Waals surface area (Å²) in [6, 6.07) is 8.40. The van der Waals surface area contributed by atoms with Crippen LogP contribution >= 0.6 is 11.8 Å². The van der Waals surface area contributed by atoms with Gasteiger partial charge in [0, 0.05) is 29.4 Å². The Hall–Kier alpha value is -3.13. The molecule has 11 nitrogen and oxygen atoms in total. The van der Waals surface area contributed by atoms with E-state index in [2.05, 4.69) is 20.3 Å². The molecule has 1 aromatic carbocycles. The van der Waals surface area contributed by atoms with Crippen LogP contribution < -0.4 is 20.5 Å². The third-order valence-corrected chi connectivity index (χ3v) is 7.30. The number of aromatic nitrogens is 2. The number of nitrogens with one attached hydrogen (secondary N) is 2. The lowest BCUT2D eigenvalue weighted by Crippen LogP contribution is -2.37. The van der Waals surface area contributed by atoms with E-state index in [1.807, 2.05) is 12.1 Å². The van der Waals surface area contributed by atoms with E-state index < -0.39 is 16.1 Å². The average molecular weight is 520 g/mol. The lowest BCUT2D eigenvalue weighted by atomic mass is 10.2. The number of H-pyrrole nitrogens is 1. The number of ether oxygens (including phenoxy) is 2. The lowest BCUT2D eigenvalue weighted by Gasteiger charge is -2.10. The van der Waals surface area contributed by atoms with Gasteiger partial charge in [-0.15, -0.1) is 0 Å². The predicted molar refractivity (Wildman–Crippen MR) is 133 cm³/mol. The minimum Gasteiger partial charge on any atom is -0.494 e. The third kappa shape index (κ3) is 6.11. The number of aliphatic hydroxyl groups is 1. The molecule has 0 fully saturated rings. The number of carbonyl (C=O) groups excluding carboxylic acids is 1. The monoisotopic (exact) mass is 519 g/mol. The Balaban J connectivity index is 1.49. The topological polar surface area (TPSA) is 169 Å². The SMILES string of the molecule is COc1cc(Oc2ccc(S(C)(=O)=O)nc2)cc2cc(C3=NCC(CC(=O)NC[C@H](N)O)S3)[nH]c12. The van der Waals surface area contributed by atoms with Gasteiger partial charge in [-0.2, -0.15) is 0 Å². The van der Waals surface area contributed by atoms with Crippen molar-refractivity contribution in [1.29, 1.82) is 0 Å². The van der Waals surface area contributed by atoms with Crippen LogP contribution in [-0.4, -0.2) is 72.4 Å². The van der Waals surface area contributed by atoms with Gasteiger partial charge in [0.2, 0.25) is 5.91 Å². The number of pyridine rings is 1. The van der Waals surface area contributed by atoms with Crippen molar-refractivity contribution < 1.29 is 27.8 Å². The number of rotatable bonds is 9. The van der Waals surface area contributed by atoms with Gasteiger partial charge in [-0.05, 0) is 24.3 Å². The molecule has 2 atom stereocenters. The highest BCUT2D eigenvalue weighted by molar-refractivity contribution is 8.15. The number of nitrogens with two attached hydrogens (primary N) is 1. The highest BCUT2D eigenvalue weighted by Crippen LogP contribution is 2.36. The fraction of sp³-hybridized carbons (Fsp3) is 0.318. The van der Waals surface area contributed by atoms with Gasteiger partial charge in [0.1, 0.15) is 28.5 Å². The van der Waals surface area contributed by atoms with E-state index in [0.29, 0.717) is 23.8 Å². The van der Waals surface area contributed by atoms with Crippen molar-refractivity contribution in [2.75, 3.05) is 26.5 Å². The molecular formula is C22H25N5O6S2. The number of nitrogens with zero attached hydrogens (tertiary/aromatic N) is 2.